The Bertz CT molecular complexity index is 468. The molecule has 0 aliphatic heterocycles. The summed E-state index contributed by atoms with van der Waals surface area (Å²) in [4.78, 5) is 0. The van der Waals surface area contributed by atoms with Gasteiger partial charge in [-0.1, -0.05) is 25.5 Å². The summed E-state index contributed by atoms with van der Waals surface area (Å²) in [5.41, 5.74) is 1.03. The largest absolute Gasteiger partial charge is 1.00 e. The molecule has 0 amide bonds. The molecule has 2 aromatic rings. The van der Waals surface area contributed by atoms with E-state index in [4.69, 9.17) is 0 Å². The predicted octanol–water partition coefficient (Wildman–Crippen LogP) is -4.48. The minimum atomic E-state index is 0. The predicted molar refractivity (Wildman–Crippen MR) is 69.8 cm³/mol. The maximum absolute atomic E-state index is 4.61. The molecule has 19 heavy (non-hydrogen) atoms. The quantitative estimate of drug-likeness (QED) is 0.372. The second kappa shape index (κ2) is 11.0. The standard InChI is InChI=1S/C15H16N.3Li/c1-3-12(2)11-16-15-10-6-8-13-7-4-5-9-14(13)15;;;/h4-8,10,12H,2-3,11H2,1H3;;;/q-3;3*+1. The van der Waals surface area contributed by atoms with Crippen LogP contribution in [0, 0.1) is 18.9 Å². The minimum absolute atomic E-state index is 0. The SMILES string of the molecule is [CH2-]C(CC)C[N-]c1cccc2ccc[c-]c12.[Li+].[Li+].[Li+]. The van der Waals surface area contributed by atoms with Gasteiger partial charge in [-0.2, -0.15) is 17.8 Å². The molecule has 2 aromatic carbocycles. The van der Waals surface area contributed by atoms with Gasteiger partial charge >= 0.3 is 56.6 Å². The van der Waals surface area contributed by atoms with E-state index in [-0.39, 0.29) is 56.6 Å². The summed E-state index contributed by atoms with van der Waals surface area (Å²) in [6, 6.07) is 15.4. The summed E-state index contributed by atoms with van der Waals surface area (Å²) in [5, 5.41) is 6.91. The molecule has 4 heteroatoms. The van der Waals surface area contributed by atoms with Crippen LogP contribution in [0.25, 0.3) is 16.1 Å². The number of fused-ring (bicyclic) bond motifs is 1. The molecule has 0 N–H and O–H groups in total. The molecule has 0 saturated carbocycles. The van der Waals surface area contributed by atoms with Crippen LogP contribution in [0.15, 0.2) is 36.4 Å². The van der Waals surface area contributed by atoms with E-state index >= 15 is 0 Å². The van der Waals surface area contributed by atoms with Crippen LogP contribution in [0.4, 0.5) is 5.69 Å². The van der Waals surface area contributed by atoms with Crippen molar-refractivity contribution in [1.29, 1.82) is 0 Å². The molecule has 0 saturated heterocycles. The Kier molecular flexibility index (Phi) is 12.5. The van der Waals surface area contributed by atoms with E-state index in [1.165, 1.54) is 5.39 Å². The maximum atomic E-state index is 4.61. The molecule has 0 fully saturated rings. The zero-order valence-corrected chi connectivity index (χ0v) is 12.6. The van der Waals surface area contributed by atoms with Gasteiger partial charge < -0.3 is 12.2 Å². The minimum Gasteiger partial charge on any atom is -0.730 e. The molecule has 0 aliphatic rings. The van der Waals surface area contributed by atoms with Crippen LogP contribution in [-0.2, 0) is 0 Å². The Balaban J connectivity index is 0. The average Bonchev–Trinajstić information content (AvgIpc) is 2.35. The molecule has 0 bridgehead atoms. The first-order valence-electron chi connectivity index (χ1n) is 5.71. The van der Waals surface area contributed by atoms with Crippen LogP contribution < -0.4 is 56.6 Å². The Morgan fingerprint density at radius 3 is 2.53 bits per heavy atom. The van der Waals surface area contributed by atoms with Crippen molar-refractivity contribution in [1.82, 2.24) is 0 Å². The third-order valence-corrected chi connectivity index (χ3v) is 2.77. The number of hydrogen-bond donors (Lipinski definition) is 0. The number of rotatable bonds is 4. The van der Waals surface area contributed by atoms with Gasteiger partial charge in [-0.3, -0.25) is 0 Å². The maximum Gasteiger partial charge on any atom is 1.00 e. The van der Waals surface area contributed by atoms with Crippen molar-refractivity contribution in [3.8, 4) is 0 Å². The Morgan fingerprint density at radius 1 is 1.16 bits per heavy atom. The van der Waals surface area contributed by atoms with Crippen molar-refractivity contribution < 1.29 is 56.6 Å². The summed E-state index contributed by atoms with van der Waals surface area (Å²) in [7, 11) is 0. The van der Waals surface area contributed by atoms with Gasteiger partial charge in [-0.25, -0.2) is 5.69 Å². The van der Waals surface area contributed by atoms with E-state index in [1.54, 1.807) is 0 Å². The van der Waals surface area contributed by atoms with E-state index in [0.29, 0.717) is 5.92 Å². The molecule has 1 nitrogen and oxygen atoms in total. The van der Waals surface area contributed by atoms with E-state index < -0.39 is 0 Å². The van der Waals surface area contributed by atoms with Crippen molar-refractivity contribution in [2.24, 2.45) is 5.92 Å². The molecule has 84 valence electrons. The van der Waals surface area contributed by atoms with Gasteiger partial charge in [0.25, 0.3) is 0 Å². The van der Waals surface area contributed by atoms with Gasteiger partial charge in [0, 0.05) is 0 Å². The van der Waals surface area contributed by atoms with Gasteiger partial charge in [0.2, 0.25) is 0 Å². The van der Waals surface area contributed by atoms with Crippen molar-refractivity contribution >= 4 is 16.5 Å². The van der Waals surface area contributed by atoms with Crippen LogP contribution in [-0.4, -0.2) is 6.54 Å². The summed E-state index contributed by atoms with van der Waals surface area (Å²) in [6.45, 7) is 6.98. The smallest absolute Gasteiger partial charge is 0.730 e. The number of benzene rings is 2. The van der Waals surface area contributed by atoms with E-state index in [9.17, 15) is 0 Å². The van der Waals surface area contributed by atoms with E-state index in [1.807, 2.05) is 24.3 Å². The molecular formula is C15H16Li3N. The fourth-order valence-corrected chi connectivity index (χ4v) is 1.63. The molecular weight excluding hydrogens is 215 g/mol. The first kappa shape index (κ1) is 21.6. The van der Waals surface area contributed by atoms with Crippen LogP contribution >= 0.6 is 0 Å². The molecule has 2 rings (SSSR count). The van der Waals surface area contributed by atoms with Crippen molar-refractivity contribution in [2.75, 3.05) is 6.54 Å². The molecule has 0 spiro atoms. The van der Waals surface area contributed by atoms with Crippen LogP contribution in [0.5, 0.6) is 0 Å². The second-order valence-corrected chi connectivity index (χ2v) is 4.03. The Hall–Kier alpha value is 0.292. The van der Waals surface area contributed by atoms with Crippen LogP contribution in [0.1, 0.15) is 13.3 Å². The zero-order chi connectivity index (χ0) is 11.4. The van der Waals surface area contributed by atoms with Crippen LogP contribution in [0.3, 0.4) is 0 Å². The first-order chi connectivity index (χ1) is 7.81. The van der Waals surface area contributed by atoms with Crippen LogP contribution in [0.2, 0.25) is 0 Å². The van der Waals surface area contributed by atoms with Gasteiger partial charge in [0.1, 0.15) is 0 Å². The van der Waals surface area contributed by atoms with Gasteiger partial charge in [0.15, 0.2) is 0 Å². The molecule has 0 aromatic heterocycles. The fraction of sp³-hybridized carbons (Fsp3) is 0.267. The average molecular weight is 231 g/mol. The summed E-state index contributed by atoms with van der Waals surface area (Å²) >= 11 is 0. The third kappa shape index (κ3) is 6.07. The fourth-order valence-electron chi connectivity index (χ4n) is 1.63. The molecule has 1 atom stereocenters. The van der Waals surface area contributed by atoms with Crippen molar-refractivity contribution in [2.45, 2.75) is 13.3 Å². The zero-order valence-electron chi connectivity index (χ0n) is 12.6. The summed E-state index contributed by atoms with van der Waals surface area (Å²) < 4.78 is 0. The van der Waals surface area contributed by atoms with Gasteiger partial charge in [-0.15, -0.1) is 35.7 Å². The molecule has 1 unspecified atom stereocenters. The number of nitrogens with zero attached hydrogens (tertiary/aromatic N) is 1. The Morgan fingerprint density at radius 2 is 1.84 bits per heavy atom. The van der Waals surface area contributed by atoms with Gasteiger partial charge in [0.05, 0.1) is 0 Å². The second-order valence-electron chi connectivity index (χ2n) is 4.03. The summed E-state index contributed by atoms with van der Waals surface area (Å²) in [5.74, 6) is 0.402. The molecule has 0 radical (unpaired) electrons. The van der Waals surface area contributed by atoms with E-state index in [0.717, 1.165) is 24.0 Å². The van der Waals surface area contributed by atoms with Gasteiger partial charge in [-0.05, 0) is 0 Å². The molecule has 0 aliphatic carbocycles. The first-order valence-corrected chi connectivity index (χ1v) is 5.71. The van der Waals surface area contributed by atoms with Crippen molar-refractivity contribution in [3.05, 3.63) is 54.7 Å². The third-order valence-electron chi connectivity index (χ3n) is 2.77. The monoisotopic (exact) mass is 231 g/mol. The molecule has 0 heterocycles. The summed E-state index contributed by atoms with van der Waals surface area (Å²) in [6.07, 6.45) is 1.07. The van der Waals surface area contributed by atoms with Crippen molar-refractivity contribution in [3.63, 3.8) is 0 Å². The number of hydrogen-bond acceptors (Lipinski definition) is 0. The topological polar surface area (TPSA) is 14.1 Å². The normalized spacial score (nSPS) is 10.6. The van der Waals surface area contributed by atoms with E-state index in [2.05, 4.69) is 37.4 Å². The Labute approximate surface area is 152 Å².